The van der Waals surface area contributed by atoms with Crippen molar-refractivity contribution in [3.63, 3.8) is 0 Å². The molecule has 0 aromatic heterocycles. The molecule has 2 N–H and O–H groups in total. The van der Waals surface area contributed by atoms with Gasteiger partial charge in [0.2, 0.25) is 0 Å². The smallest absolute Gasteiger partial charge is 0.425 e. The van der Waals surface area contributed by atoms with Crippen molar-refractivity contribution in [1.82, 2.24) is 0 Å². The summed E-state index contributed by atoms with van der Waals surface area (Å²) in [6, 6.07) is 13.3. The van der Waals surface area contributed by atoms with Gasteiger partial charge in [-0.2, -0.15) is 0 Å². The van der Waals surface area contributed by atoms with Crippen LogP contribution in [0.4, 0.5) is 0 Å². The van der Waals surface area contributed by atoms with E-state index in [9.17, 15) is 9.90 Å². The number of phenolic OH excluding ortho intramolecular Hbond substituents is 1. The van der Waals surface area contributed by atoms with E-state index in [1.165, 1.54) is 12.1 Å². The van der Waals surface area contributed by atoms with Crippen molar-refractivity contribution in [2.24, 2.45) is 0 Å². The summed E-state index contributed by atoms with van der Waals surface area (Å²) in [6.45, 7) is -0.159. The number of carbonyl (C=O) groups is 1. The molecule has 21 heavy (non-hydrogen) atoms. The first-order valence-corrected chi connectivity index (χ1v) is 6.75. The van der Waals surface area contributed by atoms with Gasteiger partial charge in [-0.15, -0.1) is 12.6 Å². The number of hydrogen-bond donors (Lipinski definition) is 2. The number of carbonyl (C=O) groups excluding carboxylic acids is 1. The van der Waals surface area contributed by atoms with Crippen molar-refractivity contribution in [3.05, 3.63) is 65.2 Å². The van der Waals surface area contributed by atoms with E-state index in [0.717, 1.165) is 0 Å². The zero-order chi connectivity index (χ0) is 15.8. The van der Waals surface area contributed by atoms with Crippen LogP contribution in [-0.2, 0) is 17.2 Å². The molecular weight excluding hydrogens is 296 g/mol. The van der Waals surface area contributed by atoms with Gasteiger partial charge in [-0.05, 0) is 17.7 Å². The molecule has 0 atom stereocenters. The summed E-state index contributed by atoms with van der Waals surface area (Å²) < 4.78 is 25.3. The fraction of sp³-hybridized carbons (Fsp3) is 0.0714. The molecule has 0 radical (unpaired) electrons. The maximum absolute atomic E-state index is 12.0. The maximum atomic E-state index is 12.0. The third-order valence-corrected chi connectivity index (χ3v) is 2.53. The van der Waals surface area contributed by atoms with Gasteiger partial charge in [-0.1, -0.05) is 36.4 Å². The first-order valence-electron chi connectivity index (χ1n) is 5.75. The zero-order valence-corrected chi connectivity index (χ0v) is 11.6. The highest BCUT2D eigenvalue weighted by Crippen LogP contribution is 2.22. The van der Waals surface area contributed by atoms with Crippen LogP contribution in [-0.4, -0.2) is 28.6 Å². The Morgan fingerprint density at radius 3 is 2.05 bits per heavy atom. The quantitative estimate of drug-likeness (QED) is 0.822. The van der Waals surface area contributed by atoms with Gasteiger partial charge in [0.05, 0.1) is 12.2 Å². The van der Waals surface area contributed by atoms with E-state index >= 15 is 0 Å². The lowest BCUT2D eigenvalue weighted by Crippen LogP contribution is -2.01. The van der Waals surface area contributed by atoms with Crippen LogP contribution in [0.2, 0.25) is 0 Å². The Bertz CT molecular complexity index is 716. The molecule has 7 heteroatoms. The molecule has 110 valence electrons. The normalized spacial score (nSPS) is 9.38. The van der Waals surface area contributed by atoms with Gasteiger partial charge in [0.1, 0.15) is 5.75 Å². The van der Waals surface area contributed by atoms with E-state index in [1.807, 2.05) is 6.07 Å². The molecule has 2 aromatic rings. The van der Waals surface area contributed by atoms with Crippen LogP contribution in [0.5, 0.6) is 5.75 Å². The number of aliphatic hydroxyl groups is 1. The van der Waals surface area contributed by atoms with Crippen molar-refractivity contribution < 1.29 is 27.6 Å². The highest BCUT2D eigenvalue weighted by molar-refractivity contribution is 7.59. The summed E-state index contributed by atoms with van der Waals surface area (Å²) in [5.41, 5.74) is 1.35. The van der Waals surface area contributed by atoms with Gasteiger partial charge in [0.25, 0.3) is 0 Å². The summed E-state index contributed by atoms with van der Waals surface area (Å²) in [7, 11) is -3.11. The minimum atomic E-state index is -3.11. The van der Waals surface area contributed by atoms with Gasteiger partial charge in [0.15, 0.2) is 5.78 Å². The Kier molecular flexibility index (Phi) is 6.25. The summed E-state index contributed by atoms with van der Waals surface area (Å²) in [6.07, 6.45) is 0. The van der Waals surface area contributed by atoms with Crippen LogP contribution in [0.3, 0.4) is 0 Å². The summed E-state index contributed by atoms with van der Waals surface area (Å²) in [5, 5.41) is 18.6. The molecule has 0 aliphatic rings. The SMILES string of the molecule is O=C(c1ccccc1)c1ccc(CO)cc1O.O=S(=O)=O. The van der Waals surface area contributed by atoms with Crippen LogP contribution in [0, 0.1) is 0 Å². The number of phenols is 1. The molecule has 0 aliphatic heterocycles. The molecule has 0 heterocycles. The highest BCUT2D eigenvalue weighted by atomic mass is 32.2. The Balaban J connectivity index is 0.000000491. The number of aliphatic hydroxyl groups excluding tert-OH is 1. The van der Waals surface area contributed by atoms with Crippen LogP contribution >= 0.6 is 0 Å². The van der Waals surface area contributed by atoms with Gasteiger partial charge >= 0.3 is 10.6 Å². The maximum Gasteiger partial charge on any atom is 0.425 e. The first-order chi connectivity index (χ1) is 9.95. The van der Waals surface area contributed by atoms with Gasteiger partial charge in [-0.25, -0.2) is 0 Å². The lowest BCUT2D eigenvalue weighted by molar-refractivity contribution is 0.103. The largest absolute Gasteiger partial charge is 0.507 e. The molecular formula is C14H12O6S. The molecule has 0 aliphatic carbocycles. The number of benzene rings is 2. The van der Waals surface area contributed by atoms with Crippen LogP contribution in [0.25, 0.3) is 0 Å². The average Bonchev–Trinajstić information content (AvgIpc) is 2.46. The van der Waals surface area contributed by atoms with Crippen LogP contribution in [0.1, 0.15) is 21.5 Å². The molecule has 0 unspecified atom stereocenters. The molecule has 2 aromatic carbocycles. The average molecular weight is 308 g/mol. The highest BCUT2D eigenvalue weighted by Gasteiger charge is 2.13. The molecule has 6 nitrogen and oxygen atoms in total. The second kappa shape index (κ2) is 7.93. The molecule has 0 bridgehead atoms. The van der Waals surface area contributed by atoms with E-state index in [-0.39, 0.29) is 23.7 Å². The Hall–Kier alpha value is -2.51. The number of aromatic hydroxyl groups is 1. The monoisotopic (exact) mass is 308 g/mol. The fourth-order valence-electron chi connectivity index (χ4n) is 1.61. The fourth-order valence-corrected chi connectivity index (χ4v) is 1.61. The van der Waals surface area contributed by atoms with Gasteiger partial charge in [0, 0.05) is 5.56 Å². The number of ketones is 1. The topological polar surface area (TPSA) is 109 Å². The second-order valence-corrected chi connectivity index (χ2v) is 4.32. The Morgan fingerprint density at radius 2 is 1.57 bits per heavy atom. The molecule has 0 saturated carbocycles. The standard InChI is InChI=1S/C14H12O3.O3S/c15-9-10-6-7-12(13(16)8-10)14(17)11-4-2-1-3-5-11;1-4(2)3/h1-8,15-16H,9H2;. The van der Waals surface area contributed by atoms with Crippen LogP contribution < -0.4 is 0 Å². The first kappa shape index (κ1) is 16.5. The molecule has 0 fully saturated rings. The van der Waals surface area contributed by atoms with Crippen molar-refractivity contribution >= 4 is 16.4 Å². The van der Waals surface area contributed by atoms with Crippen LogP contribution in [0.15, 0.2) is 48.5 Å². The molecule has 0 amide bonds. The second-order valence-electron chi connectivity index (χ2n) is 3.91. The lowest BCUT2D eigenvalue weighted by atomic mass is 10.0. The van der Waals surface area contributed by atoms with Crippen molar-refractivity contribution in [2.75, 3.05) is 0 Å². The minimum Gasteiger partial charge on any atom is -0.507 e. The molecule has 2 rings (SSSR count). The van der Waals surface area contributed by atoms with Crippen molar-refractivity contribution in [2.45, 2.75) is 6.61 Å². The predicted molar refractivity (Wildman–Crippen MR) is 73.6 cm³/mol. The molecule has 0 spiro atoms. The third-order valence-electron chi connectivity index (χ3n) is 2.53. The van der Waals surface area contributed by atoms with Gasteiger partial charge in [-0.3, -0.25) is 4.79 Å². The summed E-state index contributed by atoms with van der Waals surface area (Å²) in [5.74, 6) is -0.335. The number of hydrogen-bond acceptors (Lipinski definition) is 6. The van der Waals surface area contributed by atoms with Crippen molar-refractivity contribution in [3.8, 4) is 5.75 Å². The van der Waals surface area contributed by atoms with E-state index in [0.29, 0.717) is 11.1 Å². The summed E-state index contributed by atoms with van der Waals surface area (Å²) in [4.78, 5) is 12.0. The zero-order valence-electron chi connectivity index (χ0n) is 10.8. The summed E-state index contributed by atoms with van der Waals surface area (Å²) >= 11 is 0. The Morgan fingerprint density at radius 1 is 1.00 bits per heavy atom. The lowest BCUT2D eigenvalue weighted by Gasteiger charge is -2.05. The van der Waals surface area contributed by atoms with Gasteiger partial charge < -0.3 is 10.2 Å². The number of rotatable bonds is 3. The van der Waals surface area contributed by atoms with E-state index in [4.69, 9.17) is 17.7 Å². The van der Waals surface area contributed by atoms with E-state index < -0.39 is 10.6 Å². The minimum absolute atomic E-state index is 0.106. The van der Waals surface area contributed by atoms with E-state index in [2.05, 4.69) is 0 Å². The van der Waals surface area contributed by atoms with E-state index in [1.54, 1.807) is 30.3 Å². The predicted octanol–water partition coefficient (Wildman–Crippen LogP) is 1.11. The van der Waals surface area contributed by atoms with Crippen molar-refractivity contribution in [1.29, 1.82) is 0 Å². The Labute approximate surface area is 122 Å². The third kappa shape index (κ3) is 5.17. The molecule has 0 saturated heterocycles.